The first-order valence-electron chi connectivity index (χ1n) is 11.9. The van der Waals surface area contributed by atoms with Gasteiger partial charge >= 0.3 is 0 Å². The van der Waals surface area contributed by atoms with Crippen LogP contribution in [0.4, 0.5) is 27.4 Å². The average Bonchev–Trinajstić information content (AvgIpc) is 2.91. The van der Waals surface area contributed by atoms with Crippen LogP contribution in [0.1, 0.15) is 0 Å². The van der Waals surface area contributed by atoms with Crippen LogP contribution < -0.4 is 20.3 Å². The molecule has 0 aliphatic carbocycles. The van der Waals surface area contributed by atoms with Gasteiger partial charge in [-0.05, 0) is 43.9 Å². The predicted octanol–water partition coefficient (Wildman–Crippen LogP) is 4.71. The standard InChI is InChI=1S/C28H30FN7O2/c1-6-26(37)32-22-13-23(25(38-5)14-24(22)36(4)11-10-35(2)3)33-28-31-16-19-15-30-17-21(27(19)34-28)18-8-7-9-20(29)12-18/h6-9,12-17H,1,10-11H2,2-5H3,(H,32,37)(H,31,33,34). The lowest BCUT2D eigenvalue weighted by Gasteiger charge is -2.26. The van der Waals surface area contributed by atoms with Crippen LogP contribution in [0.25, 0.3) is 22.0 Å². The molecule has 9 nitrogen and oxygen atoms in total. The summed E-state index contributed by atoms with van der Waals surface area (Å²) >= 11 is 0. The maximum Gasteiger partial charge on any atom is 0.247 e. The number of methoxy groups -OCH3 is 1. The number of ether oxygens (including phenoxy) is 1. The molecule has 0 fully saturated rings. The van der Waals surface area contributed by atoms with Crippen molar-refractivity contribution in [2.45, 2.75) is 0 Å². The number of aromatic nitrogens is 3. The number of carbonyl (C=O) groups is 1. The summed E-state index contributed by atoms with van der Waals surface area (Å²) in [6, 6.07) is 9.90. The Morgan fingerprint density at radius 3 is 2.63 bits per heavy atom. The van der Waals surface area contributed by atoms with Gasteiger partial charge in [0.1, 0.15) is 11.6 Å². The number of fused-ring (bicyclic) bond motifs is 1. The Labute approximate surface area is 221 Å². The first kappa shape index (κ1) is 26.5. The van der Waals surface area contributed by atoms with Gasteiger partial charge in [-0.15, -0.1) is 0 Å². The Kier molecular flexibility index (Phi) is 8.12. The number of amides is 1. The molecule has 2 aromatic carbocycles. The van der Waals surface area contributed by atoms with Gasteiger partial charge in [-0.25, -0.2) is 14.4 Å². The molecule has 2 aromatic heterocycles. The van der Waals surface area contributed by atoms with Gasteiger partial charge in [0.2, 0.25) is 11.9 Å². The SMILES string of the molecule is C=CC(=O)Nc1cc(Nc2ncc3cncc(-c4cccc(F)c4)c3n2)c(OC)cc1N(C)CCN(C)C. The second kappa shape index (κ2) is 11.7. The number of hydrogen-bond acceptors (Lipinski definition) is 8. The van der Waals surface area contributed by atoms with E-state index < -0.39 is 0 Å². The van der Waals surface area contributed by atoms with Gasteiger partial charge in [0, 0.05) is 55.7 Å². The molecule has 2 heterocycles. The zero-order valence-corrected chi connectivity index (χ0v) is 21.8. The zero-order chi connectivity index (χ0) is 27.2. The lowest BCUT2D eigenvalue weighted by molar-refractivity contribution is -0.111. The highest BCUT2D eigenvalue weighted by atomic mass is 19.1. The van der Waals surface area contributed by atoms with Gasteiger partial charge in [0.25, 0.3) is 0 Å². The van der Waals surface area contributed by atoms with Crippen LogP contribution in [-0.2, 0) is 4.79 Å². The lowest BCUT2D eigenvalue weighted by Crippen LogP contribution is -2.29. The fraction of sp³-hybridized carbons (Fsp3) is 0.214. The van der Waals surface area contributed by atoms with Crippen molar-refractivity contribution in [1.82, 2.24) is 19.9 Å². The summed E-state index contributed by atoms with van der Waals surface area (Å²) in [6.07, 6.45) is 6.17. The molecule has 1 amide bonds. The van der Waals surface area contributed by atoms with Crippen molar-refractivity contribution in [3.05, 3.63) is 73.5 Å². The van der Waals surface area contributed by atoms with Crippen LogP contribution >= 0.6 is 0 Å². The number of pyridine rings is 1. The Hall–Kier alpha value is -4.57. The second-order valence-corrected chi connectivity index (χ2v) is 8.94. The van der Waals surface area contributed by atoms with E-state index in [1.54, 1.807) is 43.9 Å². The number of nitrogens with one attached hydrogen (secondary N) is 2. The van der Waals surface area contributed by atoms with Crippen LogP contribution in [0.5, 0.6) is 5.75 Å². The maximum atomic E-state index is 13.9. The molecule has 0 aliphatic rings. The Bertz CT molecular complexity index is 1480. The van der Waals surface area contributed by atoms with Crippen LogP contribution in [0.2, 0.25) is 0 Å². The topological polar surface area (TPSA) is 95.5 Å². The van der Waals surface area contributed by atoms with Crippen LogP contribution in [0, 0.1) is 5.82 Å². The van der Waals surface area contributed by atoms with E-state index in [2.05, 4.69) is 32.1 Å². The van der Waals surface area contributed by atoms with Gasteiger partial charge in [0.05, 0.1) is 29.7 Å². The van der Waals surface area contributed by atoms with Gasteiger partial charge in [-0.1, -0.05) is 18.7 Å². The van der Waals surface area contributed by atoms with E-state index in [4.69, 9.17) is 9.72 Å². The summed E-state index contributed by atoms with van der Waals surface area (Å²) in [5.74, 6) is 0.158. The molecule has 38 heavy (non-hydrogen) atoms. The normalized spacial score (nSPS) is 10.9. The molecule has 10 heteroatoms. The molecule has 196 valence electrons. The molecule has 4 aromatic rings. The van der Waals surface area contributed by atoms with Gasteiger partial charge in [-0.2, -0.15) is 0 Å². The number of rotatable bonds is 10. The highest BCUT2D eigenvalue weighted by Gasteiger charge is 2.17. The summed E-state index contributed by atoms with van der Waals surface area (Å²) < 4.78 is 19.6. The fourth-order valence-electron chi connectivity index (χ4n) is 3.91. The Balaban J connectivity index is 1.75. The minimum Gasteiger partial charge on any atom is -0.494 e. The number of likely N-dealkylation sites (N-methyl/N-ethyl adjacent to an activating group) is 2. The number of carbonyl (C=O) groups excluding carboxylic acids is 1. The van der Waals surface area contributed by atoms with Crippen molar-refractivity contribution in [3.8, 4) is 16.9 Å². The molecule has 0 radical (unpaired) electrons. The molecular formula is C28H30FN7O2. The molecule has 4 rings (SSSR count). The maximum absolute atomic E-state index is 13.9. The van der Waals surface area contributed by atoms with E-state index in [1.807, 2.05) is 32.1 Å². The molecule has 0 aliphatic heterocycles. The number of nitrogens with zero attached hydrogens (tertiary/aromatic N) is 5. The molecule has 0 bridgehead atoms. The summed E-state index contributed by atoms with van der Waals surface area (Å²) in [6.45, 7) is 5.11. The van der Waals surface area contributed by atoms with E-state index in [9.17, 15) is 9.18 Å². The zero-order valence-electron chi connectivity index (χ0n) is 21.8. The summed E-state index contributed by atoms with van der Waals surface area (Å²) in [5, 5.41) is 6.80. The van der Waals surface area contributed by atoms with E-state index in [0.29, 0.717) is 45.1 Å². The number of halogens is 1. The molecule has 0 atom stereocenters. The van der Waals surface area contributed by atoms with E-state index in [-0.39, 0.29) is 11.7 Å². The third-order valence-electron chi connectivity index (χ3n) is 5.93. The Morgan fingerprint density at radius 1 is 1.11 bits per heavy atom. The predicted molar refractivity (Wildman–Crippen MR) is 150 cm³/mol. The van der Waals surface area contributed by atoms with Crippen molar-refractivity contribution < 1.29 is 13.9 Å². The molecule has 0 spiro atoms. The molecular weight excluding hydrogens is 485 g/mol. The minimum atomic E-state index is -0.346. The highest BCUT2D eigenvalue weighted by Crippen LogP contribution is 2.38. The van der Waals surface area contributed by atoms with Gasteiger partial charge < -0.3 is 25.2 Å². The summed E-state index contributed by atoms with van der Waals surface area (Å²) in [4.78, 5) is 29.7. The fourth-order valence-corrected chi connectivity index (χ4v) is 3.91. The molecule has 0 saturated heterocycles. The number of benzene rings is 2. The summed E-state index contributed by atoms with van der Waals surface area (Å²) in [5.41, 5.74) is 3.86. The summed E-state index contributed by atoms with van der Waals surface area (Å²) in [7, 11) is 7.52. The van der Waals surface area contributed by atoms with E-state index in [0.717, 1.165) is 18.8 Å². The molecule has 2 N–H and O–H groups in total. The van der Waals surface area contributed by atoms with Gasteiger partial charge in [0.15, 0.2) is 0 Å². The van der Waals surface area contributed by atoms with Gasteiger partial charge in [-0.3, -0.25) is 9.78 Å². The largest absolute Gasteiger partial charge is 0.494 e. The van der Waals surface area contributed by atoms with Crippen LogP contribution in [-0.4, -0.2) is 67.1 Å². The highest BCUT2D eigenvalue weighted by molar-refractivity contribution is 6.02. The van der Waals surface area contributed by atoms with Crippen molar-refractivity contribution in [2.75, 3.05) is 56.9 Å². The smallest absolute Gasteiger partial charge is 0.247 e. The third kappa shape index (κ3) is 6.04. The van der Waals surface area contributed by atoms with Crippen LogP contribution in [0.3, 0.4) is 0 Å². The quantitative estimate of drug-likeness (QED) is 0.293. The third-order valence-corrected chi connectivity index (χ3v) is 5.93. The number of hydrogen-bond donors (Lipinski definition) is 2. The van der Waals surface area contributed by atoms with Crippen LogP contribution in [0.15, 0.2) is 67.6 Å². The average molecular weight is 516 g/mol. The second-order valence-electron chi connectivity index (χ2n) is 8.94. The first-order chi connectivity index (χ1) is 18.3. The lowest BCUT2D eigenvalue weighted by atomic mass is 10.1. The Morgan fingerprint density at radius 2 is 1.92 bits per heavy atom. The molecule has 0 saturated carbocycles. The monoisotopic (exact) mass is 515 g/mol. The molecule has 0 unspecified atom stereocenters. The van der Waals surface area contributed by atoms with E-state index in [1.165, 1.54) is 18.2 Å². The van der Waals surface area contributed by atoms with Crippen molar-refractivity contribution in [1.29, 1.82) is 0 Å². The minimum absolute atomic E-state index is 0.300. The van der Waals surface area contributed by atoms with Crippen molar-refractivity contribution >= 4 is 39.8 Å². The van der Waals surface area contributed by atoms with Crippen molar-refractivity contribution in [2.24, 2.45) is 0 Å². The number of anilines is 4. The van der Waals surface area contributed by atoms with Crippen molar-refractivity contribution in [3.63, 3.8) is 0 Å². The first-order valence-corrected chi connectivity index (χ1v) is 11.9. The van der Waals surface area contributed by atoms with E-state index >= 15 is 0 Å².